The highest BCUT2D eigenvalue weighted by Crippen LogP contribution is 2.36. The van der Waals surface area contributed by atoms with Crippen LogP contribution in [0.2, 0.25) is 10.0 Å². The van der Waals surface area contributed by atoms with Crippen molar-refractivity contribution in [3.63, 3.8) is 0 Å². The molecule has 1 aliphatic heterocycles. The number of cyclic esters (lactones) is 1. The van der Waals surface area contributed by atoms with Crippen LogP contribution in [-0.4, -0.2) is 10.9 Å². The van der Waals surface area contributed by atoms with Gasteiger partial charge in [-0.25, -0.2) is 4.79 Å². The molecular formula is C16H10Cl2N2O4. The van der Waals surface area contributed by atoms with Crippen LogP contribution in [0.3, 0.4) is 0 Å². The van der Waals surface area contributed by atoms with Crippen molar-refractivity contribution in [2.45, 2.75) is 6.10 Å². The van der Waals surface area contributed by atoms with Gasteiger partial charge in [0.15, 0.2) is 0 Å². The van der Waals surface area contributed by atoms with Gasteiger partial charge in [-0.15, -0.1) is 0 Å². The Bertz CT molecular complexity index is 867. The number of nitro groups is 1. The zero-order chi connectivity index (χ0) is 17.3. The van der Waals surface area contributed by atoms with Crippen LogP contribution in [0.15, 0.2) is 54.4 Å². The lowest BCUT2D eigenvalue weighted by molar-refractivity contribution is -0.436. The Kier molecular flexibility index (Phi) is 4.42. The Morgan fingerprint density at radius 2 is 2.00 bits per heavy atom. The predicted molar refractivity (Wildman–Crippen MR) is 89.8 cm³/mol. The number of carbonyl (C=O) groups excluding carboxylic acids is 1. The van der Waals surface area contributed by atoms with E-state index in [1.165, 1.54) is 6.07 Å². The molecule has 0 fully saturated rings. The molecule has 0 bridgehead atoms. The van der Waals surface area contributed by atoms with Crippen LogP contribution in [0, 0.1) is 10.1 Å². The van der Waals surface area contributed by atoms with E-state index in [4.69, 9.17) is 27.9 Å². The van der Waals surface area contributed by atoms with Crippen molar-refractivity contribution in [2.75, 3.05) is 5.32 Å². The maximum absolute atomic E-state index is 11.8. The van der Waals surface area contributed by atoms with Gasteiger partial charge in [-0.1, -0.05) is 41.4 Å². The summed E-state index contributed by atoms with van der Waals surface area (Å²) in [4.78, 5) is 22.7. The molecule has 24 heavy (non-hydrogen) atoms. The highest BCUT2D eigenvalue weighted by molar-refractivity contribution is 6.36. The molecule has 0 aliphatic carbocycles. The summed E-state index contributed by atoms with van der Waals surface area (Å²) in [5, 5.41) is 14.9. The molecule has 1 atom stereocenters. The van der Waals surface area contributed by atoms with E-state index in [0.717, 1.165) is 6.20 Å². The fourth-order valence-corrected chi connectivity index (χ4v) is 2.81. The van der Waals surface area contributed by atoms with Crippen molar-refractivity contribution in [2.24, 2.45) is 0 Å². The number of anilines is 1. The summed E-state index contributed by atoms with van der Waals surface area (Å²) < 4.78 is 5.15. The normalized spacial score (nSPS) is 16.5. The third kappa shape index (κ3) is 3.06. The van der Waals surface area contributed by atoms with Gasteiger partial charge in [0.05, 0.1) is 27.4 Å². The molecule has 2 aromatic rings. The van der Waals surface area contributed by atoms with Gasteiger partial charge in [-0.3, -0.25) is 10.1 Å². The van der Waals surface area contributed by atoms with Gasteiger partial charge in [0, 0.05) is 10.6 Å². The SMILES string of the molecule is O=C1OC(C(=CNc2ccc(Cl)cc2Cl)[N+](=O)[O-])c2ccccc21. The first-order valence-electron chi connectivity index (χ1n) is 6.83. The number of hydrogen-bond donors (Lipinski definition) is 1. The lowest BCUT2D eigenvalue weighted by atomic mass is 10.0. The number of benzene rings is 2. The van der Waals surface area contributed by atoms with Crippen LogP contribution in [0.5, 0.6) is 0 Å². The van der Waals surface area contributed by atoms with Gasteiger partial charge in [-0.2, -0.15) is 0 Å². The monoisotopic (exact) mass is 364 g/mol. The minimum absolute atomic E-state index is 0.306. The van der Waals surface area contributed by atoms with Crippen LogP contribution in [0.25, 0.3) is 0 Å². The molecule has 8 heteroatoms. The van der Waals surface area contributed by atoms with E-state index in [2.05, 4.69) is 5.32 Å². The number of carbonyl (C=O) groups is 1. The summed E-state index contributed by atoms with van der Waals surface area (Å²) in [6, 6.07) is 11.2. The third-order valence-corrected chi connectivity index (χ3v) is 4.02. The van der Waals surface area contributed by atoms with Gasteiger partial charge in [0.1, 0.15) is 0 Å². The molecule has 1 unspecified atom stereocenters. The molecule has 1 aliphatic rings. The second-order valence-electron chi connectivity index (χ2n) is 4.97. The maximum atomic E-state index is 11.8. The Morgan fingerprint density at radius 1 is 1.25 bits per heavy atom. The number of esters is 1. The van der Waals surface area contributed by atoms with Crippen molar-refractivity contribution >= 4 is 34.9 Å². The van der Waals surface area contributed by atoms with Crippen LogP contribution in [-0.2, 0) is 4.74 Å². The van der Waals surface area contributed by atoms with E-state index in [1.807, 2.05) is 0 Å². The average molecular weight is 365 g/mol. The number of rotatable bonds is 4. The second kappa shape index (κ2) is 6.51. The number of ether oxygens (including phenoxy) is 1. The smallest absolute Gasteiger partial charge is 0.339 e. The van der Waals surface area contributed by atoms with Crippen LogP contribution >= 0.6 is 23.2 Å². The fraction of sp³-hybridized carbons (Fsp3) is 0.0625. The number of nitrogens with one attached hydrogen (secondary N) is 1. The topological polar surface area (TPSA) is 81.5 Å². The van der Waals surface area contributed by atoms with E-state index < -0.39 is 17.0 Å². The second-order valence-corrected chi connectivity index (χ2v) is 5.81. The highest BCUT2D eigenvalue weighted by Gasteiger charge is 2.39. The predicted octanol–water partition coefficient (Wildman–Crippen LogP) is 4.44. The zero-order valence-electron chi connectivity index (χ0n) is 12.0. The first-order valence-corrected chi connectivity index (χ1v) is 7.59. The molecule has 0 amide bonds. The summed E-state index contributed by atoms with van der Waals surface area (Å²) in [6.07, 6.45) is 0.0806. The number of fused-ring (bicyclic) bond motifs is 1. The molecule has 6 nitrogen and oxygen atoms in total. The maximum Gasteiger partial charge on any atom is 0.339 e. The first kappa shape index (κ1) is 16.3. The van der Waals surface area contributed by atoms with Crippen molar-refractivity contribution in [1.82, 2.24) is 0 Å². The minimum atomic E-state index is -1.08. The summed E-state index contributed by atoms with van der Waals surface area (Å²) in [5.41, 5.74) is 0.909. The standard InChI is InChI=1S/C16H10Cl2N2O4/c17-9-5-6-13(12(18)7-9)19-8-14(20(22)23)15-10-3-1-2-4-11(10)16(21)24-15/h1-8,15,19H. The van der Waals surface area contributed by atoms with E-state index >= 15 is 0 Å². The first-order chi connectivity index (χ1) is 11.5. The van der Waals surface area contributed by atoms with Crippen LogP contribution < -0.4 is 5.32 Å². The summed E-state index contributed by atoms with van der Waals surface area (Å²) >= 11 is 11.8. The molecule has 2 aromatic carbocycles. The van der Waals surface area contributed by atoms with Crippen LogP contribution in [0.4, 0.5) is 5.69 Å². The highest BCUT2D eigenvalue weighted by atomic mass is 35.5. The van der Waals surface area contributed by atoms with E-state index in [1.54, 1.807) is 36.4 Å². The van der Waals surface area contributed by atoms with Gasteiger partial charge in [0.2, 0.25) is 6.10 Å². The van der Waals surface area contributed by atoms with Crippen molar-refractivity contribution in [3.8, 4) is 0 Å². The average Bonchev–Trinajstić information content (AvgIpc) is 2.87. The molecule has 3 rings (SSSR count). The van der Waals surface area contributed by atoms with Gasteiger partial charge in [0.25, 0.3) is 0 Å². The zero-order valence-corrected chi connectivity index (χ0v) is 13.5. The Balaban J connectivity index is 1.94. The van der Waals surface area contributed by atoms with Gasteiger partial charge < -0.3 is 10.1 Å². The lowest BCUT2D eigenvalue weighted by Gasteiger charge is -2.09. The number of nitrogens with zero attached hydrogens (tertiary/aromatic N) is 1. The van der Waals surface area contributed by atoms with Crippen molar-refractivity contribution in [1.29, 1.82) is 0 Å². The van der Waals surface area contributed by atoms with Crippen molar-refractivity contribution < 1.29 is 14.5 Å². The van der Waals surface area contributed by atoms with E-state index in [-0.39, 0.29) is 5.70 Å². The molecule has 0 radical (unpaired) electrons. The Hall–Kier alpha value is -2.57. The van der Waals surface area contributed by atoms with Crippen LogP contribution in [0.1, 0.15) is 22.0 Å². The van der Waals surface area contributed by atoms with E-state index in [9.17, 15) is 14.9 Å². The van der Waals surface area contributed by atoms with Gasteiger partial charge >= 0.3 is 11.7 Å². The largest absolute Gasteiger partial charge is 0.442 e. The molecule has 122 valence electrons. The molecule has 0 aromatic heterocycles. The fourth-order valence-electron chi connectivity index (χ4n) is 2.35. The number of hydrogen-bond acceptors (Lipinski definition) is 5. The molecular weight excluding hydrogens is 355 g/mol. The molecule has 1 N–H and O–H groups in total. The Morgan fingerprint density at radius 3 is 2.71 bits per heavy atom. The van der Waals surface area contributed by atoms with Gasteiger partial charge in [-0.05, 0) is 24.3 Å². The van der Waals surface area contributed by atoms with E-state index in [0.29, 0.717) is 26.9 Å². The quantitative estimate of drug-likeness (QED) is 0.492. The summed E-state index contributed by atoms with van der Waals surface area (Å²) in [6.45, 7) is 0. The molecule has 0 saturated heterocycles. The Labute approximate surface area is 146 Å². The summed E-state index contributed by atoms with van der Waals surface area (Å²) in [5.74, 6) is -0.590. The summed E-state index contributed by atoms with van der Waals surface area (Å²) in [7, 11) is 0. The third-order valence-electron chi connectivity index (χ3n) is 3.47. The van der Waals surface area contributed by atoms with Crippen molar-refractivity contribution in [3.05, 3.63) is 85.6 Å². The number of halogens is 2. The molecule has 0 spiro atoms. The molecule has 0 saturated carbocycles. The molecule has 1 heterocycles. The minimum Gasteiger partial charge on any atom is -0.442 e. The lowest BCUT2D eigenvalue weighted by Crippen LogP contribution is -2.12.